The lowest BCUT2D eigenvalue weighted by Crippen LogP contribution is -2.33. The second-order valence-electron chi connectivity index (χ2n) is 3.72. The van der Waals surface area contributed by atoms with Gasteiger partial charge in [-0.1, -0.05) is 19.4 Å². The van der Waals surface area contributed by atoms with E-state index in [-0.39, 0.29) is 16.9 Å². The fraction of sp³-hybridized carbons (Fsp3) is 0.364. The molecule has 3 N–H and O–H groups in total. The largest absolute Gasteiger partial charge is 0.491 e. The topological polar surface area (TPSA) is 69.6 Å². The minimum Gasteiger partial charge on any atom is -0.423 e. The minimum atomic E-state index is -1.87. The van der Waals surface area contributed by atoms with Gasteiger partial charge in [0.1, 0.15) is 5.82 Å². The molecule has 6 heteroatoms. The van der Waals surface area contributed by atoms with Crippen LogP contribution in [0.15, 0.2) is 18.2 Å². The van der Waals surface area contributed by atoms with Gasteiger partial charge in [-0.25, -0.2) is 4.39 Å². The van der Waals surface area contributed by atoms with E-state index in [9.17, 15) is 9.18 Å². The van der Waals surface area contributed by atoms with Crippen LogP contribution in [0.25, 0.3) is 0 Å². The lowest BCUT2D eigenvalue weighted by Gasteiger charge is -2.06. The zero-order valence-corrected chi connectivity index (χ0v) is 9.61. The van der Waals surface area contributed by atoms with Gasteiger partial charge in [0.15, 0.2) is 0 Å². The van der Waals surface area contributed by atoms with Crippen molar-refractivity contribution < 1.29 is 19.2 Å². The van der Waals surface area contributed by atoms with Crippen LogP contribution in [0.2, 0.25) is 0 Å². The van der Waals surface area contributed by atoms with E-state index in [1.807, 2.05) is 6.92 Å². The molecular formula is C11H15BFNO3. The number of benzene rings is 1. The second kappa shape index (κ2) is 6.37. The average molecular weight is 239 g/mol. The molecular weight excluding hydrogens is 224 g/mol. The number of hydrogen-bond acceptors (Lipinski definition) is 3. The predicted octanol–water partition coefficient (Wildman–Crippen LogP) is 0.0354. The summed E-state index contributed by atoms with van der Waals surface area (Å²) in [6.07, 6.45) is 1.83. The standard InChI is InChI=1S/C11H15BFNO3/c1-2-3-6-14-11(15)8-4-5-9(12(16)17)10(13)7-8/h4-5,7,16-17H,2-3,6H2,1H3,(H,14,15). The smallest absolute Gasteiger partial charge is 0.423 e. The Hall–Kier alpha value is -1.40. The van der Waals surface area contributed by atoms with E-state index in [1.165, 1.54) is 12.1 Å². The molecule has 0 aliphatic rings. The third-order valence-corrected chi connectivity index (χ3v) is 2.36. The second-order valence-corrected chi connectivity index (χ2v) is 3.72. The molecule has 4 nitrogen and oxygen atoms in total. The van der Waals surface area contributed by atoms with Crippen LogP contribution in [0.4, 0.5) is 4.39 Å². The maximum Gasteiger partial charge on any atom is 0.491 e. The summed E-state index contributed by atoms with van der Waals surface area (Å²) in [5, 5.41) is 20.3. The van der Waals surface area contributed by atoms with Gasteiger partial charge in [-0.2, -0.15) is 0 Å². The summed E-state index contributed by atoms with van der Waals surface area (Å²) >= 11 is 0. The first kappa shape index (κ1) is 13.7. The van der Waals surface area contributed by atoms with Crippen molar-refractivity contribution in [3.63, 3.8) is 0 Å². The molecule has 0 aliphatic heterocycles. The lowest BCUT2D eigenvalue weighted by atomic mass is 9.79. The first-order valence-corrected chi connectivity index (χ1v) is 5.50. The summed E-state index contributed by atoms with van der Waals surface area (Å²) in [5.41, 5.74) is -0.0712. The van der Waals surface area contributed by atoms with E-state index in [2.05, 4.69) is 5.32 Å². The molecule has 0 radical (unpaired) electrons. The van der Waals surface area contributed by atoms with Crippen molar-refractivity contribution in [2.75, 3.05) is 6.54 Å². The number of carbonyl (C=O) groups is 1. The highest BCUT2D eigenvalue weighted by Crippen LogP contribution is 2.02. The molecule has 0 aliphatic carbocycles. The molecule has 1 amide bonds. The molecule has 0 fully saturated rings. The number of carbonyl (C=O) groups excluding carboxylic acids is 1. The van der Waals surface area contributed by atoms with E-state index in [0.29, 0.717) is 6.54 Å². The molecule has 0 saturated carbocycles. The summed E-state index contributed by atoms with van der Waals surface area (Å²) in [4.78, 5) is 11.6. The normalized spacial score (nSPS) is 10.1. The van der Waals surface area contributed by atoms with E-state index in [4.69, 9.17) is 10.0 Å². The van der Waals surface area contributed by atoms with Crippen molar-refractivity contribution in [2.24, 2.45) is 0 Å². The Morgan fingerprint density at radius 2 is 2.18 bits per heavy atom. The van der Waals surface area contributed by atoms with Gasteiger partial charge in [-0.15, -0.1) is 0 Å². The van der Waals surface area contributed by atoms with Crippen molar-refractivity contribution in [2.45, 2.75) is 19.8 Å². The molecule has 0 aromatic heterocycles. The quantitative estimate of drug-likeness (QED) is 0.501. The van der Waals surface area contributed by atoms with Gasteiger partial charge in [0.05, 0.1) is 0 Å². The molecule has 17 heavy (non-hydrogen) atoms. The number of rotatable bonds is 5. The fourth-order valence-electron chi connectivity index (χ4n) is 1.36. The zero-order chi connectivity index (χ0) is 12.8. The maximum atomic E-state index is 13.3. The molecule has 92 valence electrons. The first-order chi connectivity index (χ1) is 8.06. The summed E-state index contributed by atoms with van der Waals surface area (Å²) in [6, 6.07) is 3.55. The highest BCUT2D eigenvalue weighted by molar-refractivity contribution is 6.58. The number of amides is 1. The minimum absolute atomic E-state index is 0.169. The van der Waals surface area contributed by atoms with E-state index in [1.54, 1.807) is 0 Å². The van der Waals surface area contributed by atoms with E-state index < -0.39 is 12.9 Å². The average Bonchev–Trinajstić information content (AvgIpc) is 2.28. The molecule has 0 spiro atoms. The van der Waals surface area contributed by atoms with Crippen molar-refractivity contribution in [1.29, 1.82) is 0 Å². The summed E-state index contributed by atoms with van der Waals surface area (Å²) < 4.78 is 13.3. The van der Waals surface area contributed by atoms with Crippen LogP contribution < -0.4 is 10.8 Å². The van der Waals surface area contributed by atoms with Gasteiger partial charge in [-0.05, 0) is 18.6 Å². The van der Waals surface area contributed by atoms with Gasteiger partial charge >= 0.3 is 7.12 Å². The Bertz CT molecular complexity index is 398. The van der Waals surface area contributed by atoms with Crippen LogP contribution in [0.5, 0.6) is 0 Å². The predicted molar refractivity (Wildman–Crippen MR) is 63.5 cm³/mol. The van der Waals surface area contributed by atoms with Crippen LogP contribution >= 0.6 is 0 Å². The van der Waals surface area contributed by atoms with Crippen molar-refractivity contribution >= 4 is 18.5 Å². The van der Waals surface area contributed by atoms with Crippen molar-refractivity contribution in [3.8, 4) is 0 Å². The molecule has 0 heterocycles. The Balaban J connectivity index is 2.72. The Morgan fingerprint density at radius 3 is 2.71 bits per heavy atom. The first-order valence-electron chi connectivity index (χ1n) is 5.50. The van der Waals surface area contributed by atoms with Crippen LogP contribution in [0, 0.1) is 5.82 Å². The Kier molecular flexibility index (Phi) is 5.12. The zero-order valence-electron chi connectivity index (χ0n) is 9.61. The highest BCUT2D eigenvalue weighted by atomic mass is 19.1. The lowest BCUT2D eigenvalue weighted by molar-refractivity contribution is 0.0952. The highest BCUT2D eigenvalue weighted by Gasteiger charge is 2.17. The number of unbranched alkanes of at least 4 members (excludes halogenated alkanes) is 1. The molecule has 0 bridgehead atoms. The maximum absolute atomic E-state index is 13.3. The van der Waals surface area contributed by atoms with E-state index >= 15 is 0 Å². The van der Waals surface area contributed by atoms with Crippen molar-refractivity contribution in [1.82, 2.24) is 5.32 Å². The van der Waals surface area contributed by atoms with Crippen LogP contribution in [0.1, 0.15) is 30.1 Å². The molecule has 0 unspecified atom stereocenters. The van der Waals surface area contributed by atoms with Crippen molar-refractivity contribution in [3.05, 3.63) is 29.6 Å². The van der Waals surface area contributed by atoms with E-state index in [0.717, 1.165) is 18.9 Å². The van der Waals surface area contributed by atoms with Gasteiger partial charge in [0.2, 0.25) is 0 Å². The molecule has 1 aromatic carbocycles. The van der Waals surface area contributed by atoms with Crippen LogP contribution in [-0.4, -0.2) is 29.6 Å². The molecule has 0 saturated heterocycles. The van der Waals surface area contributed by atoms with Crippen LogP contribution in [0.3, 0.4) is 0 Å². The SMILES string of the molecule is CCCCNC(=O)c1ccc(B(O)O)c(F)c1. The number of hydrogen-bond donors (Lipinski definition) is 3. The summed E-state index contributed by atoms with van der Waals surface area (Å²) in [6.45, 7) is 2.55. The fourth-order valence-corrected chi connectivity index (χ4v) is 1.36. The van der Waals surface area contributed by atoms with Gasteiger partial charge < -0.3 is 15.4 Å². The monoisotopic (exact) mass is 239 g/mol. The number of nitrogens with one attached hydrogen (secondary N) is 1. The molecule has 0 atom stereocenters. The number of halogens is 1. The van der Waals surface area contributed by atoms with Gasteiger partial charge in [-0.3, -0.25) is 4.79 Å². The summed E-state index contributed by atoms with van der Waals surface area (Å²) in [5.74, 6) is -1.17. The Labute approximate surface area is 99.6 Å². The third-order valence-electron chi connectivity index (χ3n) is 2.36. The molecule has 1 aromatic rings. The summed E-state index contributed by atoms with van der Waals surface area (Å²) in [7, 11) is -1.87. The van der Waals surface area contributed by atoms with Gasteiger partial charge in [0, 0.05) is 17.6 Å². The Morgan fingerprint density at radius 1 is 1.47 bits per heavy atom. The van der Waals surface area contributed by atoms with Crippen LogP contribution in [-0.2, 0) is 0 Å². The third kappa shape index (κ3) is 3.83. The molecule has 1 rings (SSSR count). The van der Waals surface area contributed by atoms with Gasteiger partial charge in [0.25, 0.3) is 5.91 Å².